The maximum absolute atomic E-state index is 9.96. The average Bonchev–Trinajstić information content (AvgIpc) is 2.56. The zero-order valence-corrected chi connectivity index (χ0v) is 9.97. The smallest absolute Gasteiger partial charge is 0.227 e. The minimum absolute atomic E-state index is 0.0358. The van der Waals surface area contributed by atoms with Gasteiger partial charge in [0.2, 0.25) is 5.90 Å². The van der Waals surface area contributed by atoms with Gasteiger partial charge in [-0.2, -0.15) is 0 Å². The normalized spacial score (nSPS) is 10.9. The van der Waals surface area contributed by atoms with Crippen molar-refractivity contribution in [1.29, 1.82) is 5.41 Å². The Morgan fingerprint density at radius 3 is 2.69 bits per heavy atom. The van der Waals surface area contributed by atoms with Gasteiger partial charge in [0.05, 0.1) is 6.10 Å². The second-order valence-corrected chi connectivity index (χ2v) is 4.82. The van der Waals surface area contributed by atoms with Crippen molar-refractivity contribution in [3.63, 3.8) is 0 Å². The Morgan fingerprint density at radius 2 is 2.06 bits per heavy atom. The molecule has 0 unspecified atom stereocenters. The fraction of sp³-hybridized carbons (Fsp3) is 0.250. The van der Waals surface area contributed by atoms with Crippen molar-refractivity contribution in [1.82, 2.24) is 0 Å². The van der Waals surface area contributed by atoms with Crippen LogP contribution in [0.4, 0.5) is 0 Å². The number of fused-ring (bicyclic) bond motifs is 1. The number of nitrogens with one attached hydrogen (secondary N) is 1. The monoisotopic (exact) mass is 235 g/mol. The Hall–Kier alpha value is -1.55. The van der Waals surface area contributed by atoms with Crippen molar-refractivity contribution in [3.05, 3.63) is 29.1 Å². The van der Waals surface area contributed by atoms with Crippen LogP contribution in [0.15, 0.2) is 24.3 Å². The summed E-state index contributed by atoms with van der Waals surface area (Å²) in [5, 5.41) is 18.5. The lowest BCUT2D eigenvalue weighted by atomic mass is 10.2. The fourth-order valence-corrected chi connectivity index (χ4v) is 2.46. The van der Waals surface area contributed by atoms with Gasteiger partial charge in [0.1, 0.15) is 10.6 Å². The molecule has 1 aromatic heterocycles. The van der Waals surface area contributed by atoms with Crippen molar-refractivity contribution in [2.24, 2.45) is 0 Å². The van der Waals surface area contributed by atoms with Crippen LogP contribution in [0.25, 0.3) is 10.1 Å². The summed E-state index contributed by atoms with van der Waals surface area (Å²) in [5.74, 6) is 0.181. The van der Waals surface area contributed by atoms with Gasteiger partial charge >= 0.3 is 0 Å². The molecule has 0 aliphatic heterocycles. The van der Waals surface area contributed by atoms with Crippen molar-refractivity contribution < 1.29 is 9.84 Å². The van der Waals surface area contributed by atoms with Crippen molar-refractivity contribution in [3.8, 4) is 5.75 Å². The summed E-state index contributed by atoms with van der Waals surface area (Å²) in [6.45, 7) is 3.72. The first-order valence-corrected chi connectivity index (χ1v) is 5.87. The van der Waals surface area contributed by atoms with Crippen LogP contribution in [-0.4, -0.2) is 17.1 Å². The Labute approximate surface area is 97.8 Å². The molecular formula is C12H13NO2S. The molecule has 16 heavy (non-hydrogen) atoms. The molecule has 0 saturated carbocycles. The molecule has 0 fully saturated rings. The van der Waals surface area contributed by atoms with E-state index >= 15 is 0 Å². The molecule has 3 nitrogen and oxygen atoms in total. The summed E-state index contributed by atoms with van der Waals surface area (Å²) in [6, 6.07) is 7.54. The average molecular weight is 235 g/mol. The topological polar surface area (TPSA) is 53.3 Å². The molecule has 2 N–H and O–H groups in total. The van der Waals surface area contributed by atoms with E-state index < -0.39 is 0 Å². The van der Waals surface area contributed by atoms with E-state index in [9.17, 15) is 5.11 Å². The predicted molar refractivity (Wildman–Crippen MR) is 66.5 cm³/mol. The molecule has 1 heterocycles. The molecule has 2 aromatic rings. The SMILES string of the molecule is CC(C)OC(=N)c1sc2ccccc2c1O. The third-order valence-corrected chi connectivity index (χ3v) is 3.29. The standard InChI is InChI=1S/C12H13NO2S/c1-7(2)15-12(13)11-10(14)8-5-3-4-6-9(8)16-11/h3-7,13-14H,1-2H3. The van der Waals surface area contributed by atoms with E-state index in [1.807, 2.05) is 38.1 Å². The number of aromatic hydroxyl groups is 1. The van der Waals surface area contributed by atoms with Gasteiger partial charge in [-0.25, -0.2) is 0 Å². The highest BCUT2D eigenvalue weighted by atomic mass is 32.1. The lowest BCUT2D eigenvalue weighted by Crippen LogP contribution is -2.10. The maximum atomic E-state index is 9.96. The molecule has 0 bridgehead atoms. The summed E-state index contributed by atoms with van der Waals surface area (Å²) in [6.07, 6.45) is -0.0582. The van der Waals surface area contributed by atoms with Crippen LogP contribution < -0.4 is 0 Å². The summed E-state index contributed by atoms with van der Waals surface area (Å²) in [5.41, 5.74) is 0. The number of hydrogen-bond donors (Lipinski definition) is 2. The first-order chi connectivity index (χ1) is 7.59. The lowest BCUT2D eigenvalue weighted by Gasteiger charge is -2.08. The quantitative estimate of drug-likeness (QED) is 0.619. The van der Waals surface area contributed by atoms with E-state index in [1.54, 1.807) is 0 Å². The number of rotatable bonds is 2. The van der Waals surface area contributed by atoms with Gasteiger partial charge in [0.15, 0.2) is 0 Å². The van der Waals surface area contributed by atoms with Crippen molar-refractivity contribution in [2.75, 3.05) is 0 Å². The van der Waals surface area contributed by atoms with E-state index in [1.165, 1.54) is 11.3 Å². The molecule has 0 radical (unpaired) electrons. The molecule has 0 amide bonds. The van der Waals surface area contributed by atoms with E-state index in [2.05, 4.69) is 0 Å². The first kappa shape index (κ1) is 11.0. The molecule has 0 spiro atoms. The highest BCUT2D eigenvalue weighted by Gasteiger charge is 2.16. The molecule has 0 aliphatic carbocycles. The van der Waals surface area contributed by atoms with Gasteiger partial charge in [-0.15, -0.1) is 11.3 Å². The van der Waals surface area contributed by atoms with Gasteiger partial charge in [-0.05, 0) is 26.0 Å². The number of hydrogen-bond acceptors (Lipinski definition) is 4. The zero-order valence-electron chi connectivity index (χ0n) is 9.15. The minimum Gasteiger partial charge on any atom is -0.506 e. The summed E-state index contributed by atoms with van der Waals surface area (Å²) in [4.78, 5) is 0.495. The molecule has 0 atom stereocenters. The van der Waals surface area contributed by atoms with Gasteiger partial charge in [0.25, 0.3) is 0 Å². The second-order valence-electron chi connectivity index (χ2n) is 3.77. The van der Waals surface area contributed by atoms with Crippen LogP contribution in [0.1, 0.15) is 18.7 Å². The maximum Gasteiger partial charge on any atom is 0.227 e. The van der Waals surface area contributed by atoms with Crippen LogP contribution in [0.5, 0.6) is 5.75 Å². The number of thiophene rings is 1. The largest absolute Gasteiger partial charge is 0.506 e. The summed E-state index contributed by atoms with van der Waals surface area (Å²) < 4.78 is 6.25. The van der Waals surface area contributed by atoms with Gasteiger partial charge in [0, 0.05) is 10.1 Å². The van der Waals surface area contributed by atoms with Crippen LogP contribution in [-0.2, 0) is 4.74 Å². The molecule has 0 saturated heterocycles. The predicted octanol–water partition coefficient (Wildman–Crippen LogP) is 3.36. The molecule has 84 valence electrons. The Balaban J connectivity index is 2.45. The van der Waals surface area contributed by atoms with E-state index in [-0.39, 0.29) is 17.8 Å². The van der Waals surface area contributed by atoms with E-state index in [4.69, 9.17) is 10.1 Å². The Morgan fingerprint density at radius 1 is 1.38 bits per heavy atom. The lowest BCUT2D eigenvalue weighted by molar-refractivity contribution is 0.227. The Bertz CT molecular complexity index is 531. The first-order valence-electron chi connectivity index (χ1n) is 5.05. The molecule has 0 aliphatic rings. The van der Waals surface area contributed by atoms with Gasteiger partial charge in [-0.3, -0.25) is 5.41 Å². The van der Waals surface area contributed by atoms with Gasteiger partial charge in [-0.1, -0.05) is 12.1 Å². The third kappa shape index (κ3) is 1.88. The highest BCUT2D eigenvalue weighted by molar-refractivity contribution is 7.21. The van der Waals surface area contributed by atoms with Crippen LogP contribution in [0.3, 0.4) is 0 Å². The Kier molecular flexibility index (Phi) is 2.83. The number of ether oxygens (including phenoxy) is 1. The molecular weight excluding hydrogens is 222 g/mol. The highest BCUT2D eigenvalue weighted by Crippen LogP contribution is 2.37. The van der Waals surface area contributed by atoms with Crippen molar-refractivity contribution >= 4 is 27.3 Å². The van der Waals surface area contributed by atoms with E-state index in [0.29, 0.717) is 4.88 Å². The summed E-state index contributed by atoms with van der Waals surface area (Å²) >= 11 is 1.37. The van der Waals surface area contributed by atoms with E-state index in [0.717, 1.165) is 10.1 Å². The molecule has 1 aromatic carbocycles. The number of benzene rings is 1. The van der Waals surface area contributed by atoms with Crippen LogP contribution >= 0.6 is 11.3 Å². The minimum atomic E-state index is -0.0582. The van der Waals surface area contributed by atoms with Crippen LogP contribution in [0.2, 0.25) is 0 Å². The fourth-order valence-electron chi connectivity index (χ4n) is 1.47. The van der Waals surface area contributed by atoms with Crippen molar-refractivity contribution in [2.45, 2.75) is 20.0 Å². The van der Waals surface area contributed by atoms with Gasteiger partial charge < -0.3 is 9.84 Å². The zero-order chi connectivity index (χ0) is 11.7. The summed E-state index contributed by atoms with van der Waals surface area (Å²) in [7, 11) is 0. The second kappa shape index (κ2) is 4.14. The molecule has 4 heteroatoms. The third-order valence-electron chi connectivity index (χ3n) is 2.13. The van der Waals surface area contributed by atoms with Crippen LogP contribution in [0, 0.1) is 5.41 Å². The molecule has 2 rings (SSSR count).